The summed E-state index contributed by atoms with van der Waals surface area (Å²) in [4.78, 5) is 19.2. The van der Waals surface area contributed by atoms with Crippen LogP contribution in [0.2, 0.25) is 0 Å². The van der Waals surface area contributed by atoms with E-state index in [1.54, 1.807) is 7.11 Å². The summed E-state index contributed by atoms with van der Waals surface area (Å²) < 4.78 is 10.6. The first-order chi connectivity index (χ1) is 13.2. The number of rotatable bonds is 7. The smallest absolute Gasteiger partial charge is 0.317 e. The van der Waals surface area contributed by atoms with E-state index in [1.165, 1.54) is 5.56 Å². The van der Waals surface area contributed by atoms with Crippen LogP contribution in [0.4, 0.5) is 4.79 Å². The van der Waals surface area contributed by atoms with Gasteiger partial charge in [0.15, 0.2) is 0 Å². The predicted molar refractivity (Wildman–Crippen MR) is 105 cm³/mol. The van der Waals surface area contributed by atoms with Crippen molar-refractivity contribution in [1.29, 1.82) is 0 Å². The molecule has 7 heteroatoms. The fraction of sp³-hybridized carbons (Fsp3) is 0.650. The Hall–Kier alpha value is -1.83. The Balaban J connectivity index is 1.29. The molecule has 3 rings (SSSR count). The van der Waals surface area contributed by atoms with Crippen LogP contribution in [0, 0.1) is 0 Å². The van der Waals surface area contributed by atoms with Crippen molar-refractivity contribution in [3.05, 3.63) is 29.8 Å². The maximum absolute atomic E-state index is 12.4. The van der Waals surface area contributed by atoms with Crippen molar-refractivity contribution in [3.8, 4) is 5.75 Å². The van der Waals surface area contributed by atoms with E-state index in [0.717, 1.165) is 77.7 Å². The molecule has 2 amide bonds. The average molecular weight is 377 g/mol. The molecule has 150 valence electrons. The standard InChI is InChI=1S/C20H32N4O3/c1-26-19-4-2-18(3-5-19)6-7-21-20(25)24-12-10-22(11-13-24)8-9-23-14-16-27-17-15-23/h2-5H,6-17H2,1H3,(H,21,25). The number of morpholine rings is 1. The third kappa shape index (κ3) is 6.37. The topological polar surface area (TPSA) is 57.3 Å². The van der Waals surface area contributed by atoms with Gasteiger partial charge in [-0.2, -0.15) is 0 Å². The van der Waals surface area contributed by atoms with Crippen molar-refractivity contribution >= 4 is 6.03 Å². The van der Waals surface area contributed by atoms with Gasteiger partial charge in [-0.1, -0.05) is 12.1 Å². The molecule has 27 heavy (non-hydrogen) atoms. The van der Waals surface area contributed by atoms with Gasteiger partial charge in [-0.3, -0.25) is 9.80 Å². The van der Waals surface area contributed by atoms with E-state index < -0.39 is 0 Å². The fourth-order valence-electron chi connectivity index (χ4n) is 3.50. The van der Waals surface area contributed by atoms with E-state index >= 15 is 0 Å². The van der Waals surface area contributed by atoms with Crippen molar-refractivity contribution in [1.82, 2.24) is 20.0 Å². The lowest BCUT2D eigenvalue weighted by Gasteiger charge is -2.36. The molecule has 1 N–H and O–H groups in total. The minimum atomic E-state index is 0.0522. The van der Waals surface area contributed by atoms with Gasteiger partial charge in [0.25, 0.3) is 0 Å². The number of benzene rings is 1. The van der Waals surface area contributed by atoms with Gasteiger partial charge in [-0.25, -0.2) is 4.79 Å². The molecule has 2 aliphatic rings. The number of methoxy groups -OCH3 is 1. The highest BCUT2D eigenvalue weighted by molar-refractivity contribution is 5.74. The second-order valence-corrected chi connectivity index (χ2v) is 7.11. The minimum absolute atomic E-state index is 0.0522. The van der Waals surface area contributed by atoms with E-state index in [-0.39, 0.29) is 6.03 Å². The Morgan fingerprint density at radius 3 is 2.26 bits per heavy atom. The third-order valence-electron chi connectivity index (χ3n) is 5.34. The highest BCUT2D eigenvalue weighted by atomic mass is 16.5. The Labute approximate surface area is 162 Å². The number of amides is 2. The minimum Gasteiger partial charge on any atom is -0.497 e. The van der Waals surface area contributed by atoms with Gasteiger partial charge in [0.05, 0.1) is 20.3 Å². The molecule has 0 unspecified atom stereocenters. The van der Waals surface area contributed by atoms with Crippen LogP contribution in [0.5, 0.6) is 5.75 Å². The third-order valence-corrected chi connectivity index (χ3v) is 5.34. The number of piperazine rings is 1. The van der Waals surface area contributed by atoms with Crippen LogP contribution in [0.3, 0.4) is 0 Å². The molecule has 0 bridgehead atoms. The molecule has 2 fully saturated rings. The summed E-state index contributed by atoms with van der Waals surface area (Å²) in [6.07, 6.45) is 0.829. The van der Waals surface area contributed by atoms with Crippen molar-refractivity contribution in [2.75, 3.05) is 79.2 Å². The molecule has 7 nitrogen and oxygen atoms in total. The molecule has 2 heterocycles. The number of nitrogens with zero attached hydrogens (tertiary/aromatic N) is 3. The van der Waals surface area contributed by atoms with Gasteiger partial charge in [-0.15, -0.1) is 0 Å². The van der Waals surface area contributed by atoms with Crippen LogP contribution in [0.25, 0.3) is 0 Å². The number of carbonyl (C=O) groups excluding carboxylic acids is 1. The number of ether oxygens (including phenoxy) is 2. The van der Waals surface area contributed by atoms with Crippen LogP contribution in [-0.4, -0.2) is 100.0 Å². The second-order valence-electron chi connectivity index (χ2n) is 7.11. The van der Waals surface area contributed by atoms with E-state index in [0.29, 0.717) is 6.54 Å². The molecule has 1 aromatic rings. The van der Waals surface area contributed by atoms with E-state index in [4.69, 9.17) is 9.47 Å². The second kappa shape index (κ2) is 10.5. The molecule has 0 atom stereocenters. The molecule has 2 aliphatic heterocycles. The van der Waals surface area contributed by atoms with Crippen LogP contribution >= 0.6 is 0 Å². The van der Waals surface area contributed by atoms with Crippen LogP contribution in [0.15, 0.2) is 24.3 Å². The van der Waals surface area contributed by atoms with E-state index in [9.17, 15) is 4.79 Å². The number of urea groups is 1. The number of carbonyl (C=O) groups is 1. The van der Waals surface area contributed by atoms with Gasteiger partial charge in [0.1, 0.15) is 5.75 Å². The molecular formula is C20H32N4O3. The molecule has 0 saturated carbocycles. The van der Waals surface area contributed by atoms with Crippen molar-refractivity contribution in [2.45, 2.75) is 6.42 Å². The van der Waals surface area contributed by atoms with Gasteiger partial charge < -0.3 is 19.7 Å². The maximum atomic E-state index is 12.4. The molecule has 0 radical (unpaired) electrons. The largest absolute Gasteiger partial charge is 0.497 e. The van der Waals surface area contributed by atoms with Crippen LogP contribution in [0.1, 0.15) is 5.56 Å². The first-order valence-corrected chi connectivity index (χ1v) is 9.93. The van der Waals surface area contributed by atoms with Crippen LogP contribution in [-0.2, 0) is 11.2 Å². The van der Waals surface area contributed by atoms with Gasteiger partial charge in [-0.05, 0) is 24.1 Å². The number of nitrogens with one attached hydrogen (secondary N) is 1. The van der Waals surface area contributed by atoms with Gasteiger partial charge in [0.2, 0.25) is 0 Å². The number of hydrogen-bond acceptors (Lipinski definition) is 5. The highest BCUT2D eigenvalue weighted by Crippen LogP contribution is 2.11. The Morgan fingerprint density at radius 1 is 1.00 bits per heavy atom. The molecule has 0 aromatic heterocycles. The monoisotopic (exact) mass is 376 g/mol. The Morgan fingerprint density at radius 2 is 1.63 bits per heavy atom. The molecular weight excluding hydrogens is 344 g/mol. The zero-order chi connectivity index (χ0) is 18.9. The summed E-state index contributed by atoms with van der Waals surface area (Å²) in [5.41, 5.74) is 1.20. The molecule has 0 aliphatic carbocycles. The lowest BCUT2D eigenvalue weighted by Crippen LogP contribution is -2.53. The summed E-state index contributed by atoms with van der Waals surface area (Å²) >= 11 is 0. The van der Waals surface area contributed by atoms with Gasteiger partial charge in [0, 0.05) is 58.9 Å². The summed E-state index contributed by atoms with van der Waals surface area (Å²) in [7, 11) is 1.66. The fourth-order valence-corrected chi connectivity index (χ4v) is 3.50. The highest BCUT2D eigenvalue weighted by Gasteiger charge is 2.21. The normalized spacial score (nSPS) is 19.1. The first-order valence-electron chi connectivity index (χ1n) is 9.93. The summed E-state index contributed by atoms with van der Waals surface area (Å²) in [5, 5.41) is 3.04. The molecule has 0 spiro atoms. The Kier molecular flexibility index (Phi) is 7.74. The predicted octanol–water partition coefficient (Wildman–Crippen LogP) is 0.897. The maximum Gasteiger partial charge on any atom is 0.317 e. The van der Waals surface area contributed by atoms with Crippen molar-refractivity contribution in [3.63, 3.8) is 0 Å². The van der Waals surface area contributed by atoms with Gasteiger partial charge >= 0.3 is 6.03 Å². The lowest BCUT2D eigenvalue weighted by molar-refractivity contribution is 0.0309. The van der Waals surface area contributed by atoms with Crippen LogP contribution < -0.4 is 10.1 Å². The van der Waals surface area contributed by atoms with E-state index in [1.807, 2.05) is 29.2 Å². The molecule has 1 aromatic carbocycles. The van der Waals surface area contributed by atoms with Crippen molar-refractivity contribution in [2.24, 2.45) is 0 Å². The first kappa shape index (κ1) is 19.9. The van der Waals surface area contributed by atoms with Crippen molar-refractivity contribution < 1.29 is 14.3 Å². The quantitative estimate of drug-likeness (QED) is 0.766. The lowest BCUT2D eigenvalue weighted by atomic mass is 10.1. The average Bonchev–Trinajstić information content (AvgIpc) is 2.74. The zero-order valence-electron chi connectivity index (χ0n) is 16.4. The Bertz CT molecular complexity index is 567. The summed E-state index contributed by atoms with van der Waals surface area (Å²) in [6, 6.07) is 8.04. The number of hydrogen-bond donors (Lipinski definition) is 1. The SMILES string of the molecule is COc1ccc(CCNC(=O)N2CCN(CCN3CCOCC3)CC2)cc1. The summed E-state index contributed by atoms with van der Waals surface area (Å²) in [5.74, 6) is 0.856. The zero-order valence-corrected chi connectivity index (χ0v) is 16.4. The van der Waals surface area contributed by atoms with E-state index in [2.05, 4.69) is 15.1 Å². The summed E-state index contributed by atoms with van der Waals surface area (Å²) in [6.45, 7) is 10.1. The molecule has 2 saturated heterocycles.